The summed E-state index contributed by atoms with van der Waals surface area (Å²) in [6.07, 6.45) is 2.45. The zero-order valence-corrected chi connectivity index (χ0v) is 11.2. The molecule has 108 valence electrons. The molecular formula is C15H19NO4. The van der Waals surface area contributed by atoms with E-state index in [1.165, 1.54) is 0 Å². The molecule has 0 spiro atoms. The first kappa shape index (κ1) is 14.5. The molecule has 1 aliphatic carbocycles. The standard InChI is InChI=1S/C15H19NO4/c17-9-10-4-6-11(7-5-10)14(18)16-8-12-2-1-3-13(12)15(19)20/h4-7,12-13,17H,1-3,8-9H2,(H,16,18)(H,19,20). The zero-order chi connectivity index (χ0) is 14.5. The van der Waals surface area contributed by atoms with Crippen molar-refractivity contribution in [1.82, 2.24) is 5.32 Å². The molecule has 0 radical (unpaired) electrons. The topological polar surface area (TPSA) is 86.6 Å². The van der Waals surface area contributed by atoms with E-state index in [1.807, 2.05) is 0 Å². The molecular weight excluding hydrogens is 258 g/mol. The lowest BCUT2D eigenvalue weighted by Crippen LogP contribution is -2.33. The second kappa shape index (κ2) is 6.52. The van der Waals surface area contributed by atoms with Crippen molar-refractivity contribution in [2.75, 3.05) is 6.54 Å². The van der Waals surface area contributed by atoms with Crippen LogP contribution in [0.3, 0.4) is 0 Å². The summed E-state index contributed by atoms with van der Waals surface area (Å²) in [6.45, 7) is 0.349. The molecule has 2 rings (SSSR count). The molecule has 1 fully saturated rings. The molecule has 1 aromatic rings. The van der Waals surface area contributed by atoms with E-state index in [-0.39, 0.29) is 24.3 Å². The summed E-state index contributed by atoms with van der Waals surface area (Å²) < 4.78 is 0. The van der Waals surface area contributed by atoms with Crippen LogP contribution in [0, 0.1) is 11.8 Å². The summed E-state index contributed by atoms with van der Waals surface area (Å²) in [5.41, 5.74) is 1.27. The van der Waals surface area contributed by atoms with E-state index in [1.54, 1.807) is 24.3 Å². The van der Waals surface area contributed by atoms with E-state index >= 15 is 0 Å². The minimum atomic E-state index is -0.769. The van der Waals surface area contributed by atoms with Gasteiger partial charge in [0, 0.05) is 12.1 Å². The summed E-state index contributed by atoms with van der Waals surface area (Å²) in [7, 11) is 0. The lowest BCUT2D eigenvalue weighted by atomic mass is 9.96. The highest BCUT2D eigenvalue weighted by Gasteiger charge is 2.32. The smallest absolute Gasteiger partial charge is 0.306 e. The summed E-state index contributed by atoms with van der Waals surface area (Å²) in [6, 6.07) is 6.71. The van der Waals surface area contributed by atoms with E-state index in [4.69, 9.17) is 10.2 Å². The molecule has 5 heteroatoms. The van der Waals surface area contributed by atoms with E-state index in [0.29, 0.717) is 18.5 Å². The SMILES string of the molecule is O=C(NCC1CCCC1C(=O)O)c1ccc(CO)cc1. The molecule has 2 atom stereocenters. The van der Waals surface area contributed by atoms with Crippen molar-refractivity contribution in [1.29, 1.82) is 0 Å². The van der Waals surface area contributed by atoms with Gasteiger partial charge in [0.25, 0.3) is 5.91 Å². The van der Waals surface area contributed by atoms with Crippen molar-refractivity contribution in [3.8, 4) is 0 Å². The second-order valence-corrected chi connectivity index (χ2v) is 5.20. The Bertz CT molecular complexity index is 483. The summed E-state index contributed by atoms with van der Waals surface area (Å²) >= 11 is 0. The number of rotatable bonds is 5. The van der Waals surface area contributed by atoms with Crippen LogP contribution in [0.5, 0.6) is 0 Å². The van der Waals surface area contributed by atoms with Gasteiger partial charge in [-0.25, -0.2) is 0 Å². The van der Waals surface area contributed by atoms with Crippen LogP contribution in [0.25, 0.3) is 0 Å². The Morgan fingerprint density at radius 1 is 1.20 bits per heavy atom. The Hall–Kier alpha value is -1.88. The number of amides is 1. The molecule has 1 aromatic carbocycles. The number of carboxylic acids is 1. The molecule has 0 aliphatic heterocycles. The average molecular weight is 277 g/mol. The number of hydrogen-bond acceptors (Lipinski definition) is 3. The molecule has 0 saturated heterocycles. The van der Waals surface area contributed by atoms with Gasteiger partial charge in [-0.1, -0.05) is 18.6 Å². The second-order valence-electron chi connectivity index (χ2n) is 5.20. The monoisotopic (exact) mass is 277 g/mol. The number of hydrogen-bond donors (Lipinski definition) is 3. The van der Waals surface area contributed by atoms with Crippen LogP contribution < -0.4 is 5.32 Å². The van der Waals surface area contributed by atoms with Crippen LogP contribution in [0.2, 0.25) is 0 Å². The molecule has 0 aromatic heterocycles. The van der Waals surface area contributed by atoms with E-state index in [0.717, 1.165) is 18.4 Å². The van der Waals surface area contributed by atoms with Crippen LogP contribution >= 0.6 is 0 Å². The fourth-order valence-electron chi connectivity index (χ4n) is 2.69. The molecule has 1 amide bonds. The number of aliphatic hydroxyl groups is 1. The highest BCUT2D eigenvalue weighted by atomic mass is 16.4. The van der Waals surface area contributed by atoms with Gasteiger partial charge in [0.2, 0.25) is 0 Å². The van der Waals surface area contributed by atoms with Crippen LogP contribution in [0.4, 0.5) is 0 Å². The maximum Gasteiger partial charge on any atom is 0.306 e. The lowest BCUT2D eigenvalue weighted by molar-refractivity contribution is -0.142. The third-order valence-electron chi connectivity index (χ3n) is 3.90. The lowest BCUT2D eigenvalue weighted by Gasteiger charge is -2.16. The first-order valence-electron chi connectivity index (χ1n) is 6.82. The number of nitrogens with one attached hydrogen (secondary N) is 1. The number of aliphatic carboxylic acids is 1. The number of benzene rings is 1. The van der Waals surface area contributed by atoms with E-state index < -0.39 is 5.97 Å². The van der Waals surface area contributed by atoms with Crippen molar-refractivity contribution in [2.45, 2.75) is 25.9 Å². The van der Waals surface area contributed by atoms with Gasteiger partial charge in [0.05, 0.1) is 12.5 Å². The van der Waals surface area contributed by atoms with Crippen molar-refractivity contribution >= 4 is 11.9 Å². The molecule has 5 nitrogen and oxygen atoms in total. The quantitative estimate of drug-likeness (QED) is 0.759. The van der Waals surface area contributed by atoms with Crippen molar-refractivity contribution in [3.63, 3.8) is 0 Å². The van der Waals surface area contributed by atoms with Gasteiger partial charge in [-0.05, 0) is 36.5 Å². The van der Waals surface area contributed by atoms with Gasteiger partial charge in [-0.3, -0.25) is 9.59 Å². The predicted molar refractivity (Wildman–Crippen MR) is 73.2 cm³/mol. The normalized spacial score (nSPS) is 21.6. The number of carbonyl (C=O) groups is 2. The van der Waals surface area contributed by atoms with Gasteiger partial charge in [0.1, 0.15) is 0 Å². The van der Waals surface area contributed by atoms with E-state index in [2.05, 4.69) is 5.32 Å². The van der Waals surface area contributed by atoms with Crippen LogP contribution in [0.1, 0.15) is 35.2 Å². The molecule has 2 unspecified atom stereocenters. The third-order valence-corrected chi connectivity index (χ3v) is 3.90. The fraction of sp³-hybridized carbons (Fsp3) is 0.467. The van der Waals surface area contributed by atoms with Crippen LogP contribution in [-0.2, 0) is 11.4 Å². The Balaban J connectivity index is 1.89. The van der Waals surface area contributed by atoms with Gasteiger partial charge in [0.15, 0.2) is 0 Å². The van der Waals surface area contributed by atoms with Crippen molar-refractivity contribution < 1.29 is 19.8 Å². The summed E-state index contributed by atoms with van der Waals surface area (Å²) in [5.74, 6) is -1.29. The van der Waals surface area contributed by atoms with Crippen LogP contribution in [0.15, 0.2) is 24.3 Å². The summed E-state index contributed by atoms with van der Waals surface area (Å²) in [4.78, 5) is 23.0. The van der Waals surface area contributed by atoms with Gasteiger partial charge >= 0.3 is 5.97 Å². The van der Waals surface area contributed by atoms with E-state index in [9.17, 15) is 9.59 Å². The molecule has 0 heterocycles. The van der Waals surface area contributed by atoms with Crippen LogP contribution in [-0.4, -0.2) is 28.6 Å². The highest BCUT2D eigenvalue weighted by molar-refractivity contribution is 5.94. The third kappa shape index (κ3) is 3.36. The fourth-order valence-corrected chi connectivity index (χ4v) is 2.69. The van der Waals surface area contributed by atoms with Gasteiger partial charge in [-0.15, -0.1) is 0 Å². The Morgan fingerprint density at radius 2 is 1.90 bits per heavy atom. The minimum absolute atomic E-state index is 0.0214. The summed E-state index contributed by atoms with van der Waals surface area (Å²) in [5, 5.41) is 20.8. The molecule has 1 saturated carbocycles. The maximum absolute atomic E-state index is 12.0. The molecule has 20 heavy (non-hydrogen) atoms. The molecule has 1 aliphatic rings. The van der Waals surface area contributed by atoms with Gasteiger partial charge < -0.3 is 15.5 Å². The largest absolute Gasteiger partial charge is 0.481 e. The number of carboxylic acid groups (broad SMARTS) is 1. The zero-order valence-electron chi connectivity index (χ0n) is 11.2. The molecule has 3 N–H and O–H groups in total. The maximum atomic E-state index is 12.0. The number of aliphatic hydroxyl groups excluding tert-OH is 1. The Morgan fingerprint density at radius 3 is 2.50 bits per heavy atom. The van der Waals surface area contributed by atoms with Crippen molar-refractivity contribution in [3.05, 3.63) is 35.4 Å². The average Bonchev–Trinajstić information content (AvgIpc) is 2.93. The minimum Gasteiger partial charge on any atom is -0.481 e. The first-order valence-corrected chi connectivity index (χ1v) is 6.82. The van der Waals surface area contributed by atoms with Crippen molar-refractivity contribution in [2.24, 2.45) is 11.8 Å². The Kier molecular flexibility index (Phi) is 4.74. The Labute approximate surface area is 117 Å². The predicted octanol–water partition coefficient (Wildman–Crippen LogP) is 1.41. The van der Waals surface area contributed by atoms with Gasteiger partial charge in [-0.2, -0.15) is 0 Å². The first-order chi connectivity index (χ1) is 9.61. The highest BCUT2D eigenvalue weighted by Crippen LogP contribution is 2.31. The number of carbonyl (C=O) groups excluding carboxylic acids is 1. The molecule has 0 bridgehead atoms.